The number of allylic oxidation sites excluding steroid dienone is 4. The van der Waals surface area contributed by atoms with E-state index in [0.717, 1.165) is 51.4 Å². The highest BCUT2D eigenvalue weighted by Crippen LogP contribution is 2.17. The Morgan fingerprint density at radius 3 is 1.17 bits per heavy atom. The van der Waals surface area contributed by atoms with E-state index in [-0.39, 0.29) is 18.5 Å². The van der Waals surface area contributed by atoms with E-state index in [0.29, 0.717) is 19.4 Å². The summed E-state index contributed by atoms with van der Waals surface area (Å²) in [5.41, 5.74) is 0. The molecule has 0 aromatic carbocycles. The molecular formula is C59H111NO5. The molecule has 0 rings (SSSR count). The summed E-state index contributed by atoms with van der Waals surface area (Å²) in [6.07, 6.45) is 67.5. The van der Waals surface area contributed by atoms with Crippen LogP contribution in [0, 0.1) is 0 Å². The topological polar surface area (TPSA) is 95.9 Å². The molecule has 0 heterocycles. The number of carbonyl (C=O) groups is 2. The van der Waals surface area contributed by atoms with Crippen LogP contribution in [0.5, 0.6) is 0 Å². The van der Waals surface area contributed by atoms with Crippen molar-refractivity contribution in [2.75, 3.05) is 13.2 Å². The molecule has 0 aromatic rings. The van der Waals surface area contributed by atoms with Crippen molar-refractivity contribution >= 4 is 11.9 Å². The zero-order valence-electron chi connectivity index (χ0n) is 43.5. The van der Waals surface area contributed by atoms with Gasteiger partial charge in [0, 0.05) is 12.8 Å². The SMILES string of the molecule is CCCCCCCCCCCCC/C=C/C(O)C(CO)NC(=O)CCCCCCCCCCCCCCCC/C=C\C/C=C\CCOC(=O)CCCCCCCCCCCCCCCC. The van der Waals surface area contributed by atoms with Gasteiger partial charge in [-0.05, 0) is 51.4 Å². The second kappa shape index (κ2) is 54.7. The number of esters is 1. The van der Waals surface area contributed by atoms with Crippen molar-refractivity contribution in [2.45, 2.75) is 315 Å². The number of aliphatic hydroxyl groups is 2. The number of rotatable bonds is 53. The summed E-state index contributed by atoms with van der Waals surface area (Å²) in [5.74, 6) is -0.107. The Bertz CT molecular complexity index is 1060. The standard InChI is InChI=1S/C59H111NO5/c1-3-5-7-9-11-13-15-17-29-33-37-41-45-49-53-59(64)65-54-50-46-42-38-34-30-26-24-22-20-18-19-21-23-25-28-32-36-40-44-48-52-58(63)60-56(55-61)57(62)51-47-43-39-35-31-27-16-14-12-10-8-6-4-2/h30,34,42,46-47,51,56-57,61-62H,3-29,31-33,35-41,43-45,48-50,52-55H2,1-2H3,(H,60,63)/b34-30-,46-42-,51-47+. The van der Waals surface area contributed by atoms with Crippen molar-refractivity contribution in [1.82, 2.24) is 5.32 Å². The van der Waals surface area contributed by atoms with Crippen LogP contribution in [0.4, 0.5) is 0 Å². The molecule has 0 saturated carbocycles. The maximum atomic E-state index is 12.4. The lowest BCUT2D eigenvalue weighted by molar-refractivity contribution is -0.143. The number of hydrogen-bond donors (Lipinski definition) is 3. The summed E-state index contributed by atoms with van der Waals surface area (Å²) >= 11 is 0. The van der Waals surface area contributed by atoms with Gasteiger partial charge in [-0.15, -0.1) is 0 Å². The summed E-state index contributed by atoms with van der Waals surface area (Å²) in [4.78, 5) is 24.4. The molecule has 2 unspecified atom stereocenters. The number of hydrogen-bond acceptors (Lipinski definition) is 5. The van der Waals surface area contributed by atoms with Gasteiger partial charge in [0.1, 0.15) is 0 Å². The average molecular weight is 915 g/mol. The lowest BCUT2D eigenvalue weighted by atomic mass is 10.0. The summed E-state index contributed by atoms with van der Waals surface area (Å²) in [7, 11) is 0. The molecule has 0 saturated heterocycles. The van der Waals surface area contributed by atoms with Crippen LogP contribution in [0.2, 0.25) is 0 Å². The van der Waals surface area contributed by atoms with Crippen LogP contribution in [-0.4, -0.2) is 47.4 Å². The molecular weight excluding hydrogens is 803 g/mol. The third kappa shape index (κ3) is 51.3. The highest BCUT2D eigenvalue weighted by atomic mass is 16.5. The van der Waals surface area contributed by atoms with E-state index < -0.39 is 12.1 Å². The lowest BCUT2D eigenvalue weighted by Crippen LogP contribution is -2.45. The molecule has 0 radical (unpaired) electrons. The number of amides is 1. The van der Waals surface area contributed by atoms with Crippen molar-refractivity contribution in [3.63, 3.8) is 0 Å². The number of aliphatic hydroxyl groups excluding tert-OH is 2. The van der Waals surface area contributed by atoms with Gasteiger partial charge in [-0.2, -0.15) is 0 Å². The van der Waals surface area contributed by atoms with Gasteiger partial charge in [-0.1, -0.05) is 275 Å². The Balaban J connectivity index is 3.47. The van der Waals surface area contributed by atoms with Crippen LogP contribution in [-0.2, 0) is 14.3 Å². The molecule has 1 amide bonds. The normalized spacial score (nSPS) is 12.9. The molecule has 65 heavy (non-hydrogen) atoms. The lowest BCUT2D eigenvalue weighted by Gasteiger charge is -2.20. The van der Waals surface area contributed by atoms with Crippen LogP contribution in [0.25, 0.3) is 0 Å². The first-order chi connectivity index (χ1) is 32.0. The minimum Gasteiger partial charge on any atom is -0.465 e. The van der Waals surface area contributed by atoms with Crippen LogP contribution >= 0.6 is 0 Å². The molecule has 382 valence electrons. The molecule has 0 aliphatic rings. The van der Waals surface area contributed by atoms with Crippen LogP contribution < -0.4 is 5.32 Å². The van der Waals surface area contributed by atoms with Gasteiger partial charge in [0.15, 0.2) is 0 Å². The van der Waals surface area contributed by atoms with Crippen molar-refractivity contribution in [1.29, 1.82) is 0 Å². The molecule has 0 bridgehead atoms. The van der Waals surface area contributed by atoms with Crippen LogP contribution in [0.1, 0.15) is 303 Å². The molecule has 6 nitrogen and oxygen atoms in total. The summed E-state index contributed by atoms with van der Waals surface area (Å²) < 4.78 is 5.41. The Kier molecular flexibility index (Phi) is 53.1. The highest BCUT2D eigenvalue weighted by Gasteiger charge is 2.18. The first-order valence-electron chi connectivity index (χ1n) is 28.8. The summed E-state index contributed by atoms with van der Waals surface area (Å²) in [6.45, 7) is 4.80. The van der Waals surface area contributed by atoms with Crippen LogP contribution in [0.15, 0.2) is 36.5 Å². The zero-order valence-corrected chi connectivity index (χ0v) is 43.5. The van der Waals surface area contributed by atoms with E-state index in [1.807, 2.05) is 6.08 Å². The molecule has 2 atom stereocenters. The highest BCUT2D eigenvalue weighted by molar-refractivity contribution is 5.76. The fourth-order valence-corrected chi connectivity index (χ4v) is 8.77. The second-order valence-electron chi connectivity index (χ2n) is 19.6. The van der Waals surface area contributed by atoms with E-state index in [4.69, 9.17) is 4.74 Å². The van der Waals surface area contributed by atoms with Crippen molar-refractivity contribution in [3.8, 4) is 0 Å². The zero-order chi connectivity index (χ0) is 47.2. The Morgan fingerprint density at radius 1 is 0.431 bits per heavy atom. The number of ether oxygens (including phenoxy) is 1. The first-order valence-corrected chi connectivity index (χ1v) is 28.8. The minimum atomic E-state index is -0.847. The van der Waals surface area contributed by atoms with E-state index in [1.165, 1.54) is 225 Å². The van der Waals surface area contributed by atoms with Crippen molar-refractivity contribution in [3.05, 3.63) is 36.5 Å². The largest absolute Gasteiger partial charge is 0.465 e. The monoisotopic (exact) mass is 914 g/mol. The van der Waals surface area contributed by atoms with Gasteiger partial charge >= 0.3 is 5.97 Å². The van der Waals surface area contributed by atoms with Gasteiger partial charge in [-0.3, -0.25) is 9.59 Å². The molecule has 0 aliphatic carbocycles. The number of carbonyl (C=O) groups excluding carboxylic acids is 2. The summed E-state index contributed by atoms with van der Waals surface area (Å²) in [6, 6.07) is -0.631. The minimum absolute atomic E-state index is 0.0338. The molecule has 6 heteroatoms. The molecule has 0 aliphatic heterocycles. The van der Waals surface area contributed by atoms with E-state index >= 15 is 0 Å². The fourth-order valence-electron chi connectivity index (χ4n) is 8.77. The molecule has 0 aromatic heterocycles. The Hall–Kier alpha value is -1.92. The van der Waals surface area contributed by atoms with E-state index in [9.17, 15) is 19.8 Å². The van der Waals surface area contributed by atoms with Gasteiger partial charge in [0.05, 0.1) is 25.4 Å². The predicted molar refractivity (Wildman–Crippen MR) is 283 cm³/mol. The Morgan fingerprint density at radius 2 is 0.769 bits per heavy atom. The maximum Gasteiger partial charge on any atom is 0.305 e. The Labute approximate surface area is 404 Å². The van der Waals surface area contributed by atoms with E-state index in [1.54, 1.807) is 6.08 Å². The molecule has 0 fully saturated rings. The smallest absolute Gasteiger partial charge is 0.305 e. The van der Waals surface area contributed by atoms with E-state index in [2.05, 4.69) is 43.5 Å². The maximum absolute atomic E-state index is 12.4. The van der Waals surface area contributed by atoms with Crippen LogP contribution in [0.3, 0.4) is 0 Å². The summed E-state index contributed by atoms with van der Waals surface area (Å²) in [5, 5.41) is 23.1. The molecule has 3 N–H and O–H groups in total. The van der Waals surface area contributed by atoms with Gasteiger partial charge < -0.3 is 20.3 Å². The average Bonchev–Trinajstić information content (AvgIpc) is 3.31. The fraction of sp³-hybridized carbons (Fsp3) is 0.864. The third-order valence-corrected chi connectivity index (χ3v) is 13.2. The first kappa shape index (κ1) is 63.1. The quantitative estimate of drug-likeness (QED) is 0.0321. The predicted octanol–water partition coefficient (Wildman–Crippen LogP) is 17.6. The van der Waals surface area contributed by atoms with Gasteiger partial charge in [0.25, 0.3) is 0 Å². The second-order valence-corrected chi connectivity index (χ2v) is 19.6. The number of nitrogens with one attached hydrogen (secondary N) is 1. The van der Waals surface area contributed by atoms with Gasteiger partial charge in [0.2, 0.25) is 5.91 Å². The molecule has 0 spiro atoms. The third-order valence-electron chi connectivity index (χ3n) is 13.2. The van der Waals surface area contributed by atoms with Crippen molar-refractivity contribution in [2.24, 2.45) is 0 Å². The number of unbranched alkanes of at least 4 members (excludes halogenated alkanes) is 38. The van der Waals surface area contributed by atoms with Gasteiger partial charge in [-0.25, -0.2) is 0 Å². The van der Waals surface area contributed by atoms with Crippen molar-refractivity contribution < 1.29 is 24.5 Å².